The number of aliphatic hydroxyl groups is 1. The summed E-state index contributed by atoms with van der Waals surface area (Å²) in [5, 5.41) is 10.1. The number of ether oxygens (including phenoxy) is 1. The molecule has 2 aromatic rings. The highest BCUT2D eigenvalue weighted by Gasteiger charge is 2.36. The molecule has 26 heavy (non-hydrogen) atoms. The summed E-state index contributed by atoms with van der Waals surface area (Å²) in [5.41, 5.74) is 5.63. The molecule has 1 aromatic carbocycles. The summed E-state index contributed by atoms with van der Waals surface area (Å²) in [6.45, 7) is 2.02. The van der Waals surface area contributed by atoms with Gasteiger partial charge in [0.05, 0.1) is 18.8 Å². The van der Waals surface area contributed by atoms with Crippen LogP contribution in [0.3, 0.4) is 0 Å². The minimum atomic E-state index is -0.485. The van der Waals surface area contributed by atoms with E-state index in [1.54, 1.807) is 18.3 Å². The van der Waals surface area contributed by atoms with Crippen LogP contribution in [-0.2, 0) is 0 Å². The lowest BCUT2D eigenvalue weighted by molar-refractivity contribution is 0.0790. The average Bonchev–Trinajstić information content (AvgIpc) is 2.69. The fourth-order valence-corrected chi connectivity index (χ4v) is 3.54. The normalized spacial score (nSPS) is 20.0. The van der Waals surface area contributed by atoms with E-state index in [-0.39, 0.29) is 12.0 Å². The van der Waals surface area contributed by atoms with Crippen LogP contribution in [0.4, 0.5) is 5.82 Å². The predicted octanol–water partition coefficient (Wildman–Crippen LogP) is 2.23. The van der Waals surface area contributed by atoms with Crippen molar-refractivity contribution in [3.8, 4) is 5.75 Å². The van der Waals surface area contributed by atoms with Gasteiger partial charge in [0, 0.05) is 24.7 Å². The largest absolute Gasteiger partial charge is 0.494 e. The number of hydrogen-bond donors (Lipinski definition) is 2. The van der Waals surface area contributed by atoms with Gasteiger partial charge in [-0.25, -0.2) is 4.98 Å². The highest BCUT2D eigenvalue weighted by molar-refractivity contribution is 5.97. The Balaban J connectivity index is 1.69. The van der Waals surface area contributed by atoms with Crippen LogP contribution in [0.15, 0.2) is 48.7 Å². The van der Waals surface area contributed by atoms with Crippen LogP contribution in [-0.4, -0.2) is 42.3 Å². The maximum absolute atomic E-state index is 11.7. The Morgan fingerprint density at radius 3 is 2.81 bits per heavy atom. The monoisotopic (exact) mass is 355 g/mol. The second-order valence-corrected chi connectivity index (χ2v) is 6.83. The first kappa shape index (κ1) is 18.2. The van der Waals surface area contributed by atoms with Gasteiger partial charge in [-0.2, -0.15) is 0 Å². The zero-order valence-electron chi connectivity index (χ0n) is 14.8. The minimum absolute atomic E-state index is 0.0698. The molecule has 0 spiro atoms. The molecule has 2 heterocycles. The third-order valence-electron chi connectivity index (χ3n) is 4.99. The van der Waals surface area contributed by atoms with Crippen molar-refractivity contribution in [1.82, 2.24) is 4.98 Å². The average molecular weight is 355 g/mol. The molecule has 0 saturated carbocycles. The van der Waals surface area contributed by atoms with Gasteiger partial charge in [-0.1, -0.05) is 18.2 Å². The Kier molecular flexibility index (Phi) is 5.73. The van der Waals surface area contributed by atoms with Crippen LogP contribution < -0.4 is 15.4 Å². The molecule has 3 N–H and O–H groups in total. The van der Waals surface area contributed by atoms with Crippen molar-refractivity contribution in [1.29, 1.82) is 0 Å². The molecule has 6 heteroatoms. The van der Waals surface area contributed by atoms with E-state index >= 15 is 0 Å². The molecule has 1 amide bonds. The second-order valence-electron chi connectivity index (χ2n) is 6.83. The number of pyridine rings is 1. The van der Waals surface area contributed by atoms with Gasteiger partial charge < -0.3 is 20.5 Å². The number of anilines is 1. The van der Waals surface area contributed by atoms with Crippen molar-refractivity contribution in [2.45, 2.75) is 19.3 Å². The molecule has 3 rings (SSSR count). The van der Waals surface area contributed by atoms with E-state index in [0.717, 1.165) is 31.6 Å². The number of benzene rings is 1. The van der Waals surface area contributed by atoms with Crippen LogP contribution >= 0.6 is 0 Å². The summed E-state index contributed by atoms with van der Waals surface area (Å²) in [4.78, 5) is 18.1. The van der Waals surface area contributed by atoms with Crippen molar-refractivity contribution in [3.05, 3.63) is 54.2 Å². The molecular weight excluding hydrogens is 330 g/mol. The second kappa shape index (κ2) is 8.19. The molecule has 0 radical (unpaired) electrons. The van der Waals surface area contributed by atoms with Crippen molar-refractivity contribution in [2.75, 3.05) is 31.2 Å². The van der Waals surface area contributed by atoms with E-state index in [1.807, 2.05) is 30.3 Å². The van der Waals surface area contributed by atoms with Gasteiger partial charge in [0.2, 0.25) is 0 Å². The van der Waals surface area contributed by atoms with Crippen LogP contribution in [0.1, 0.15) is 29.6 Å². The molecule has 1 atom stereocenters. The van der Waals surface area contributed by atoms with Gasteiger partial charge in [-0.15, -0.1) is 0 Å². The number of aliphatic hydroxyl groups excluding tert-OH is 1. The topological polar surface area (TPSA) is 88.7 Å². The first-order valence-corrected chi connectivity index (χ1v) is 8.92. The minimum Gasteiger partial charge on any atom is -0.494 e. The van der Waals surface area contributed by atoms with Crippen LogP contribution in [0.5, 0.6) is 5.75 Å². The number of amides is 1. The maximum atomic E-state index is 11.7. The van der Waals surface area contributed by atoms with E-state index in [2.05, 4.69) is 9.88 Å². The molecule has 6 nitrogen and oxygen atoms in total. The summed E-state index contributed by atoms with van der Waals surface area (Å²) in [6.07, 6.45) is 4.22. The lowest BCUT2D eigenvalue weighted by Crippen LogP contribution is -2.47. The van der Waals surface area contributed by atoms with Gasteiger partial charge in [0.1, 0.15) is 11.6 Å². The zero-order valence-corrected chi connectivity index (χ0v) is 14.8. The lowest BCUT2D eigenvalue weighted by Gasteiger charge is -2.42. The number of aromatic nitrogens is 1. The number of piperidine rings is 1. The van der Waals surface area contributed by atoms with Gasteiger partial charge in [-0.3, -0.25) is 4.79 Å². The number of para-hydroxylation sites is 1. The van der Waals surface area contributed by atoms with Crippen molar-refractivity contribution >= 4 is 11.7 Å². The van der Waals surface area contributed by atoms with Crippen LogP contribution in [0.2, 0.25) is 0 Å². The molecule has 1 aliphatic heterocycles. The van der Waals surface area contributed by atoms with E-state index in [0.29, 0.717) is 24.5 Å². The van der Waals surface area contributed by atoms with Gasteiger partial charge in [-0.05, 0) is 43.5 Å². The third kappa shape index (κ3) is 4.14. The highest BCUT2D eigenvalue weighted by atomic mass is 16.5. The molecule has 0 aliphatic carbocycles. The first-order chi connectivity index (χ1) is 12.6. The Morgan fingerprint density at radius 1 is 1.27 bits per heavy atom. The standard InChI is InChI=1S/C20H25N3O3/c21-18(25)17-8-4-11-22-19(17)23-12-5-9-20(14-23,15-24)10-13-26-16-6-2-1-3-7-16/h1-4,6-8,11,24H,5,9-10,12-15H2,(H2,21,25). The molecule has 1 aromatic heterocycles. The number of carbonyl (C=O) groups is 1. The van der Waals surface area contributed by atoms with Gasteiger partial charge >= 0.3 is 0 Å². The number of nitrogens with zero attached hydrogens (tertiary/aromatic N) is 2. The number of carbonyl (C=O) groups excluding carboxylic acids is 1. The molecule has 138 valence electrons. The summed E-state index contributed by atoms with van der Waals surface area (Å²) in [7, 11) is 0. The predicted molar refractivity (Wildman–Crippen MR) is 100 cm³/mol. The lowest BCUT2D eigenvalue weighted by atomic mass is 9.78. The van der Waals surface area contributed by atoms with Gasteiger partial charge in [0.15, 0.2) is 0 Å². The van der Waals surface area contributed by atoms with Crippen LogP contribution in [0, 0.1) is 5.41 Å². The number of rotatable bonds is 7. The molecule has 1 fully saturated rings. The zero-order chi connectivity index (χ0) is 18.4. The van der Waals surface area contributed by atoms with E-state index in [1.165, 1.54) is 0 Å². The van der Waals surface area contributed by atoms with E-state index in [9.17, 15) is 9.90 Å². The number of hydrogen-bond acceptors (Lipinski definition) is 5. The number of nitrogens with two attached hydrogens (primary N) is 1. The summed E-state index contributed by atoms with van der Waals surface area (Å²) < 4.78 is 5.82. The maximum Gasteiger partial charge on any atom is 0.252 e. The molecule has 0 bridgehead atoms. The quantitative estimate of drug-likeness (QED) is 0.795. The molecule has 1 unspecified atom stereocenters. The summed E-state index contributed by atoms with van der Waals surface area (Å²) >= 11 is 0. The molecule has 1 saturated heterocycles. The third-order valence-corrected chi connectivity index (χ3v) is 4.99. The Labute approximate surface area is 153 Å². The molecular formula is C20H25N3O3. The van der Waals surface area contributed by atoms with Gasteiger partial charge in [0.25, 0.3) is 5.91 Å². The fraction of sp³-hybridized carbons (Fsp3) is 0.400. The Hall–Kier alpha value is -2.60. The van der Waals surface area contributed by atoms with Crippen molar-refractivity contribution < 1.29 is 14.6 Å². The Morgan fingerprint density at radius 2 is 2.08 bits per heavy atom. The van der Waals surface area contributed by atoms with Crippen molar-refractivity contribution in [2.24, 2.45) is 11.1 Å². The summed E-state index contributed by atoms with van der Waals surface area (Å²) in [5.74, 6) is 0.941. The number of primary amides is 1. The van der Waals surface area contributed by atoms with E-state index < -0.39 is 5.91 Å². The van der Waals surface area contributed by atoms with Crippen LogP contribution in [0.25, 0.3) is 0 Å². The first-order valence-electron chi connectivity index (χ1n) is 8.92. The Bertz CT molecular complexity index is 738. The fourth-order valence-electron chi connectivity index (χ4n) is 3.54. The van der Waals surface area contributed by atoms with Crippen molar-refractivity contribution in [3.63, 3.8) is 0 Å². The van der Waals surface area contributed by atoms with E-state index in [4.69, 9.17) is 10.5 Å². The molecule has 1 aliphatic rings. The summed E-state index contributed by atoms with van der Waals surface area (Å²) in [6, 6.07) is 13.1. The SMILES string of the molecule is NC(=O)c1cccnc1N1CCCC(CO)(CCOc2ccccc2)C1. The highest BCUT2D eigenvalue weighted by Crippen LogP contribution is 2.35. The smallest absolute Gasteiger partial charge is 0.252 e.